The van der Waals surface area contributed by atoms with E-state index in [0.717, 1.165) is 5.56 Å². The van der Waals surface area contributed by atoms with E-state index in [4.69, 9.17) is 9.47 Å². The van der Waals surface area contributed by atoms with Gasteiger partial charge in [-0.25, -0.2) is 14.8 Å². The third-order valence-electron chi connectivity index (χ3n) is 5.85. The van der Waals surface area contributed by atoms with E-state index in [-0.39, 0.29) is 23.4 Å². The van der Waals surface area contributed by atoms with Crippen LogP contribution >= 0.6 is 0 Å². The van der Waals surface area contributed by atoms with Gasteiger partial charge in [0, 0.05) is 36.6 Å². The van der Waals surface area contributed by atoms with Gasteiger partial charge in [-0.2, -0.15) is 5.23 Å². The van der Waals surface area contributed by atoms with Gasteiger partial charge in [0.1, 0.15) is 6.61 Å². The van der Waals surface area contributed by atoms with Crippen LogP contribution in [-0.2, 0) is 25.6 Å². The molecule has 2 aromatic carbocycles. The summed E-state index contributed by atoms with van der Waals surface area (Å²) in [5.74, 6) is -2.03. The summed E-state index contributed by atoms with van der Waals surface area (Å²) in [4.78, 5) is 28.0. The fourth-order valence-corrected chi connectivity index (χ4v) is 4.18. The third-order valence-corrected chi connectivity index (χ3v) is 5.85. The van der Waals surface area contributed by atoms with Crippen molar-refractivity contribution in [1.82, 2.24) is 10.2 Å². The Balaban J connectivity index is 1.83. The monoisotopic (exact) mass is 481 g/mol. The fraction of sp³-hybridized carbons (Fsp3) is 0.308. The summed E-state index contributed by atoms with van der Waals surface area (Å²) in [5, 5.41) is 23.0. The first-order chi connectivity index (χ1) is 16.7. The molecule has 3 rings (SSSR count). The minimum Gasteiger partial charge on any atom is -0.595 e. The molecule has 1 aliphatic heterocycles. The van der Waals surface area contributed by atoms with Crippen LogP contribution in [0.15, 0.2) is 77.1 Å². The molecule has 0 amide bonds. The molecule has 0 bridgehead atoms. The second kappa shape index (κ2) is 11.8. The fourth-order valence-electron chi connectivity index (χ4n) is 4.18. The van der Waals surface area contributed by atoms with Crippen LogP contribution in [0.25, 0.3) is 0 Å². The molecular weight excluding hydrogens is 450 g/mol. The quantitative estimate of drug-likeness (QED) is 0.369. The molecule has 35 heavy (non-hydrogen) atoms. The van der Waals surface area contributed by atoms with Crippen molar-refractivity contribution >= 4 is 17.6 Å². The number of rotatable bonds is 9. The van der Waals surface area contributed by atoms with Crippen molar-refractivity contribution < 1.29 is 29.5 Å². The van der Waals surface area contributed by atoms with Crippen LogP contribution < -0.4 is 10.5 Å². The molecule has 0 saturated carbocycles. The van der Waals surface area contributed by atoms with Gasteiger partial charge < -0.3 is 20.0 Å². The molecule has 1 aliphatic rings. The van der Waals surface area contributed by atoms with Gasteiger partial charge in [-0.1, -0.05) is 42.5 Å². The zero-order chi connectivity index (χ0) is 25.5. The molecule has 1 unspecified atom stereocenters. The number of hydrogen-bond donors (Lipinski definition) is 3. The predicted molar refractivity (Wildman–Crippen MR) is 129 cm³/mol. The second-order valence-corrected chi connectivity index (χ2v) is 8.42. The highest BCUT2D eigenvalue weighted by molar-refractivity contribution is 5.99. The molecule has 2 atom stereocenters. The summed E-state index contributed by atoms with van der Waals surface area (Å²) in [6.07, 6.45) is 0. The number of dihydropyridines is 1. The summed E-state index contributed by atoms with van der Waals surface area (Å²) in [5.41, 5.74) is 3.22. The predicted octanol–water partition coefficient (Wildman–Crippen LogP) is 2.17. The molecule has 9 nitrogen and oxygen atoms in total. The Morgan fingerprint density at radius 3 is 2.34 bits per heavy atom. The molecule has 2 aromatic rings. The first-order valence-corrected chi connectivity index (χ1v) is 11.2. The van der Waals surface area contributed by atoms with E-state index < -0.39 is 23.1 Å². The lowest BCUT2D eigenvalue weighted by Crippen LogP contribution is -2.99. The van der Waals surface area contributed by atoms with Crippen molar-refractivity contribution in [3.8, 4) is 0 Å². The lowest BCUT2D eigenvalue weighted by atomic mass is 9.80. The number of benzene rings is 2. The minimum atomic E-state index is -1.10. The highest BCUT2D eigenvalue weighted by Crippen LogP contribution is 2.39. The Labute approximate surface area is 204 Å². The van der Waals surface area contributed by atoms with Gasteiger partial charge in [-0.05, 0) is 32.0 Å². The van der Waals surface area contributed by atoms with Crippen LogP contribution in [0.3, 0.4) is 0 Å². The van der Waals surface area contributed by atoms with E-state index in [1.54, 1.807) is 26.0 Å². The number of carbonyl (C=O) groups is 2. The number of hydrogen-bond acceptors (Lipinski definition) is 8. The second-order valence-electron chi connectivity index (χ2n) is 8.42. The summed E-state index contributed by atoms with van der Waals surface area (Å²) >= 11 is 0. The van der Waals surface area contributed by atoms with Gasteiger partial charge in [0.05, 0.1) is 24.2 Å². The number of likely N-dealkylation sites (N-methyl/N-ethyl adjacent to an activating group) is 1. The highest BCUT2D eigenvalue weighted by atomic mass is 16.8. The average Bonchev–Trinajstić information content (AvgIpc) is 2.83. The van der Waals surface area contributed by atoms with Crippen LogP contribution in [0.1, 0.15) is 30.9 Å². The van der Waals surface area contributed by atoms with Gasteiger partial charge in [0.25, 0.3) is 0 Å². The Kier molecular flexibility index (Phi) is 8.78. The van der Waals surface area contributed by atoms with Crippen molar-refractivity contribution in [3.63, 3.8) is 0 Å². The Bertz CT molecular complexity index is 1130. The van der Waals surface area contributed by atoms with Crippen molar-refractivity contribution in [2.45, 2.75) is 26.3 Å². The van der Waals surface area contributed by atoms with Crippen LogP contribution in [0.2, 0.25) is 0 Å². The third kappa shape index (κ3) is 6.34. The lowest BCUT2D eigenvalue weighted by Gasteiger charge is -2.30. The maximum atomic E-state index is 13.3. The number of nitrogens with zero attached hydrogens (tertiary/aromatic N) is 1. The Hall–Kier alpha value is -3.50. The number of ether oxygens (including phenoxy) is 2. The van der Waals surface area contributed by atoms with Crippen molar-refractivity contribution in [2.24, 2.45) is 0 Å². The van der Waals surface area contributed by atoms with E-state index in [1.165, 1.54) is 19.2 Å². The molecule has 3 N–H and O–H groups in total. The normalized spacial score (nSPS) is 16.7. The molecule has 9 heteroatoms. The smallest absolute Gasteiger partial charge is 0.336 e. The van der Waals surface area contributed by atoms with E-state index >= 15 is 0 Å². The van der Waals surface area contributed by atoms with E-state index in [1.807, 2.05) is 42.3 Å². The first kappa shape index (κ1) is 26.1. The average molecular weight is 482 g/mol. The van der Waals surface area contributed by atoms with Crippen LogP contribution in [0.4, 0.5) is 5.69 Å². The van der Waals surface area contributed by atoms with Crippen molar-refractivity contribution in [1.29, 1.82) is 0 Å². The van der Waals surface area contributed by atoms with Gasteiger partial charge in [0.15, 0.2) is 5.69 Å². The molecule has 0 saturated heterocycles. The summed E-state index contributed by atoms with van der Waals surface area (Å²) in [7, 11) is 3.20. The number of methoxy groups -OCH3 is 1. The summed E-state index contributed by atoms with van der Waals surface area (Å²) in [6, 6.07) is 16.2. The van der Waals surface area contributed by atoms with Gasteiger partial charge in [-0.3, -0.25) is 4.90 Å². The number of esters is 2. The number of carbonyl (C=O) groups excluding carboxylic acids is 2. The van der Waals surface area contributed by atoms with Crippen LogP contribution in [0, 0.1) is 5.21 Å². The maximum absolute atomic E-state index is 13.3. The number of quaternary nitrogens is 1. The molecule has 186 valence electrons. The van der Waals surface area contributed by atoms with E-state index in [0.29, 0.717) is 30.0 Å². The Morgan fingerprint density at radius 2 is 1.71 bits per heavy atom. The SMILES string of the molecule is COC(=O)C1=C(C)NC(C)=C(C(=O)OCCN(C)Cc2ccccc2)[C@@H]1c1cccc([NH+]([O-])O)c1. The molecule has 0 fully saturated rings. The maximum Gasteiger partial charge on any atom is 0.336 e. The van der Waals surface area contributed by atoms with E-state index in [9.17, 15) is 20.0 Å². The van der Waals surface area contributed by atoms with Gasteiger partial charge in [0.2, 0.25) is 0 Å². The number of nitrogens with one attached hydrogen (secondary N) is 2. The van der Waals surface area contributed by atoms with Crippen LogP contribution in [-0.4, -0.2) is 49.4 Å². The zero-order valence-corrected chi connectivity index (χ0v) is 20.3. The summed E-state index contributed by atoms with van der Waals surface area (Å²) < 4.78 is 10.6. The zero-order valence-electron chi connectivity index (χ0n) is 20.3. The first-order valence-electron chi connectivity index (χ1n) is 11.2. The Morgan fingerprint density at radius 1 is 1.06 bits per heavy atom. The van der Waals surface area contributed by atoms with E-state index in [2.05, 4.69) is 5.32 Å². The number of allylic oxidation sites excluding steroid dienone is 2. The van der Waals surface area contributed by atoms with Crippen LogP contribution in [0.5, 0.6) is 0 Å². The largest absolute Gasteiger partial charge is 0.595 e. The van der Waals surface area contributed by atoms with Gasteiger partial charge >= 0.3 is 11.9 Å². The molecule has 0 spiro atoms. The lowest BCUT2D eigenvalue weighted by molar-refractivity contribution is -0.991. The molecule has 1 heterocycles. The standard InChI is InChI=1S/C26H31N3O6/c1-17-22(25(30)34-4)24(20-11-8-12-21(15-20)29(32)33)23(18(2)27-17)26(31)35-14-13-28(3)16-19-9-6-5-7-10-19/h5-12,15,24,27,29,32H,13-14,16H2,1-4H3/t24-/m1/s1. The summed E-state index contributed by atoms with van der Waals surface area (Å²) in [6.45, 7) is 4.81. The molecule has 0 aromatic heterocycles. The van der Waals surface area contributed by atoms with Crippen molar-refractivity contribution in [3.05, 3.63) is 93.5 Å². The molecule has 0 aliphatic carbocycles. The molecular formula is C26H31N3O6. The molecule has 0 radical (unpaired) electrons. The van der Waals surface area contributed by atoms with Gasteiger partial charge in [-0.15, -0.1) is 0 Å². The topological polar surface area (TPSA) is 116 Å². The highest BCUT2D eigenvalue weighted by Gasteiger charge is 2.38. The van der Waals surface area contributed by atoms with Crippen molar-refractivity contribution in [2.75, 3.05) is 27.3 Å². The minimum absolute atomic E-state index is 0.0517.